The van der Waals surface area contributed by atoms with E-state index in [9.17, 15) is 0 Å². The maximum Gasteiger partial charge on any atom is 0.241 e. The van der Waals surface area contributed by atoms with E-state index in [4.69, 9.17) is 8.85 Å². The lowest BCUT2D eigenvalue weighted by atomic mass is 10.1. The van der Waals surface area contributed by atoms with Gasteiger partial charge in [0.25, 0.3) is 0 Å². The Morgan fingerprint density at radius 2 is 1.10 bits per heavy atom. The van der Waals surface area contributed by atoms with E-state index < -0.39 is 16.6 Å². The van der Waals surface area contributed by atoms with E-state index in [2.05, 4.69) is 65.0 Å². The summed E-state index contributed by atoms with van der Waals surface area (Å²) in [5, 5.41) is 0. The van der Waals surface area contributed by atoms with Crippen molar-refractivity contribution in [3.8, 4) is 0 Å². The Kier molecular flexibility index (Phi) is 5.78. The van der Waals surface area contributed by atoms with Crippen LogP contribution in [-0.2, 0) is 8.85 Å². The van der Waals surface area contributed by atoms with E-state index >= 15 is 0 Å². The number of nitrogens with zero attached hydrogens (tertiary/aromatic N) is 1. The molecule has 1 rings (SSSR count). The van der Waals surface area contributed by atoms with Crippen LogP contribution in [0.25, 0.3) is 0 Å². The van der Waals surface area contributed by atoms with Crippen molar-refractivity contribution in [2.75, 3.05) is 13.1 Å². The number of hydrogen-bond acceptors (Lipinski definition) is 3. The zero-order chi connectivity index (χ0) is 16.5. The highest BCUT2D eigenvalue weighted by Crippen LogP contribution is 2.29. The summed E-state index contributed by atoms with van der Waals surface area (Å²) < 4.78 is 12.7. The molecule has 0 saturated heterocycles. The number of rotatable bonds is 4. The summed E-state index contributed by atoms with van der Waals surface area (Å²) in [5.41, 5.74) is 0.207. The van der Waals surface area contributed by atoms with Gasteiger partial charge < -0.3 is 8.85 Å². The molecule has 0 atom stereocenters. The first-order valence-corrected chi connectivity index (χ1v) is 14.9. The third-order valence-corrected chi connectivity index (χ3v) is 5.05. The minimum absolute atomic E-state index is 0.207. The van der Waals surface area contributed by atoms with E-state index in [1.807, 2.05) is 0 Å². The molecule has 3 nitrogen and oxygen atoms in total. The molecule has 0 bridgehead atoms. The fraction of sp³-hybridized carbons (Fsp3) is 0.875. The largest absolute Gasteiger partial charge is 0.545 e. The molecule has 0 aromatic carbocycles. The summed E-state index contributed by atoms with van der Waals surface area (Å²) >= 11 is 0. The summed E-state index contributed by atoms with van der Waals surface area (Å²) in [6.45, 7) is 22.5. The molecular formula is C16H35NO2Si2. The van der Waals surface area contributed by atoms with Crippen LogP contribution in [0.15, 0.2) is 11.5 Å². The summed E-state index contributed by atoms with van der Waals surface area (Å²) in [5.74, 6) is 2.26. The fourth-order valence-corrected chi connectivity index (χ4v) is 4.40. The highest BCUT2D eigenvalue weighted by atomic mass is 28.4. The van der Waals surface area contributed by atoms with Crippen molar-refractivity contribution in [3.63, 3.8) is 0 Å². The lowest BCUT2D eigenvalue weighted by molar-refractivity contribution is 0.139. The van der Waals surface area contributed by atoms with Crippen molar-refractivity contribution in [2.24, 2.45) is 0 Å². The molecule has 0 saturated carbocycles. The van der Waals surface area contributed by atoms with E-state index in [1.165, 1.54) is 0 Å². The third-order valence-electron chi connectivity index (χ3n) is 3.34. The Bertz CT molecular complexity index is 357. The van der Waals surface area contributed by atoms with E-state index in [1.54, 1.807) is 0 Å². The van der Waals surface area contributed by atoms with Gasteiger partial charge in [0.2, 0.25) is 16.6 Å². The quantitative estimate of drug-likeness (QED) is 0.692. The van der Waals surface area contributed by atoms with Crippen molar-refractivity contribution in [2.45, 2.75) is 78.4 Å². The van der Waals surface area contributed by atoms with Crippen LogP contribution in [0.4, 0.5) is 0 Å². The Balaban J connectivity index is 2.96. The molecule has 1 heterocycles. The smallest absolute Gasteiger partial charge is 0.241 e. The summed E-state index contributed by atoms with van der Waals surface area (Å²) in [6, 6.07) is 0. The van der Waals surface area contributed by atoms with Gasteiger partial charge in [-0.2, -0.15) is 0 Å². The van der Waals surface area contributed by atoms with Gasteiger partial charge in [-0.05, 0) is 60.1 Å². The molecule has 5 heteroatoms. The maximum atomic E-state index is 6.37. The summed E-state index contributed by atoms with van der Waals surface area (Å²) in [6.07, 6.45) is 1.95. The van der Waals surface area contributed by atoms with Gasteiger partial charge in [-0.1, -0.05) is 0 Å². The minimum Gasteiger partial charge on any atom is -0.545 e. The van der Waals surface area contributed by atoms with Crippen LogP contribution in [0.5, 0.6) is 0 Å². The maximum absolute atomic E-state index is 6.37. The highest BCUT2D eigenvalue weighted by molar-refractivity contribution is 6.70. The van der Waals surface area contributed by atoms with Gasteiger partial charge in [-0.25, -0.2) is 0 Å². The lowest BCUT2D eigenvalue weighted by Crippen LogP contribution is -2.42. The summed E-state index contributed by atoms with van der Waals surface area (Å²) in [4.78, 5) is 2.54. The zero-order valence-corrected chi connectivity index (χ0v) is 17.6. The van der Waals surface area contributed by atoms with Gasteiger partial charge in [0.05, 0.1) is 0 Å². The second-order valence-corrected chi connectivity index (χ2v) is 17.8. The monoisotopic (exact) mass is 329 g/mol. The van der Waals surface area contributed by atoms with Crippen LogP contribution in [-0.4, -0.2) is 40.2 Å². The minimum atomic E-state index is -1.59. The molecule has 0 unspecified atom stereocenters. The van der Waals surface area contributed by atoms with Crippen molar-refractivity contribution in [1.29, 1.82) is 0 Å². The molecule has 0 aromatic heterocycles. The molecule has 1 aliphatic heterocycles. The zero-order valence-electron chi connectivity index (χ0n) is 15.6. The Morgan fingerprint density at radius 3 is 1.33 bits per heavy atom. The summed E-state index contributed by atoms with van der Waals surface area (Å²) in [7, 11) is -3.19. The lowest BCUT2D eigenvalue weighted by Gasteiger charge is -2.34. The van der Waals surface area contributed by atoms with Crippen LogP contribution in [0.3, 0.4) is 0 Å². The molecule has 0 radical (unpaired) electrons. The third kappa shape index (κ3) is 7.02. The van der Waals surface area contributed by atoms with Crippen molar-refractivity contribution >= 4 is 16.6 Å². The normalized spacial score (nSPS) is 19.5. The Morgan fingerprint density at radius 1 is 0.762 bits per heavy atom. The standard InChI is InChI=1S/C16H35NO2Si2/c1-16(2,3)17-12-10-14(18-20(4,5)6)15(11-13-17)19-21(7,8)9/h10-13H2,1-9H3. The molecule has 0 aliphatic carbocycles. The molecule has 0 fully saturated rings. The first-order chi connectivity index (χ1) is 9.28. The second-order valence-electron chi connectivity index (χ2n) is 8.93. The first-order valence-electron chi connectivity index (χ1n) is 8.13. The molecule has 0 aromatic rings. The molecule has 124 valence electrons. The van der Waals surface area contributed by atoms with Gasteiger partial charge in [0, 0.05) is 31.5 Å². The first kappa shape index (κ1) is 18.8. The molecule has 0 spiro atoms. The SMILES string of the molecule is CC(C)(C)N1CCC(O[Si](C)(C)C)=C(O[Si](C)(C)C)CC1. The molecule has 0 amide bonds. The van der Waals surface area contributed by atoms with Gasteiger partial charge in [0.1, 0.15) is 11.5 Å². The Hall–Kier alpha value is -0.266. The van der Waals surface area contributed by atoms with Gasteiger partial charge >= 0.3 is 0 Å². The molecule has 1 aliphatic rings. The number of hydrogen-bond donors (Lipinski definition) is 0. The average molecular weight is 330 g/mol. The van der Waals surface area contributed by atoms with Crippen LogP contribution in [0, 0.1) is 0 Å². The molecular weight excluding hydrogens is 294 g/mol. The van der Waals surface area contributed by atoms with Gasteiger partial charge in [0.15, 0.2) is 0 Å². The fourth-order valence-electron chi connectivity index (χ4n) is 2.49. The second kappa shape index (κ2) is 6.46. The van der Waals surface area contributed by atoms with E-state index in [-0.39, 0.29) is 5.54 Å². The molecule has 21 heavy (non-hydrogen) atoms. The van der Waals surface area contributed by atoms with E-state index in [0.717, 1.165) is 37.4 Å². The van der Waals surface area contributed by atoms with Crippen LogP contribution in [0.1, 0.15) is 33.6 Å². The van der Waals surface area contributed by atoms with Crippen molar-refractivity contribution in [1.82, 2.24) is 4.90 Å². The predicted octanol–water partition coefficient (Wildman–Crippen LogP) is 4.80. The van der Waals surface area contributed by atoms with Gasteiger partial charge in [-0.3, -0.25) is 4.90 Å². The van der Waals surface area contributed by atoms with E-state index in [0.29, 0.717) is 0 Å². The van der Waals surface area contributed by atoms with Crippen molar-refractivity contribution < 1.29 is 8.85 Å². The topological polar surface area (TPSA) is 21.7 Å². The van der Waals surface area contributed by atoms with Crippen molar-refractivity contribution in [3.05, 3.63) is 11.5 Å². The Labute approximate surface area is 134 Å². The molecule has 0 N–H and O–H groups in total. The predicted molar refractivity (Wildman–Crippen MR) is 96.4 cm³/mol. The highest BCUT2D eigenvalue weighted by Gasteiger charge is 2.30. The van der Waals surface area contributed by atoms with Crippen LogP contribution < -0.4 is 0 Å². The van der Waals surface area contributed by atoms with Gasteiger partial charge in [-0.15, -0.1) is 0 Å². The van der Waals surface area contributed by atoms with Crippen LogP contribution >= 0.6 is 0 Å². The average Bonchev–Trinajstić information content (AvgIpc) is 2.36. The van der Waals surface area contributed by atoms with Crippen LogP contribution in [0.2, 0.25) is 39.3 Å².